The number of aromatic amines is 1. The Morgan fingerprint density at radius 1 is 1.03 bits per heavy atom. The molecule has 0 unspecified atom stereocenters. The second-order valence-electron chi connectivity index (χ2n) is 9.03. The van der Waals surface area contributed by atoms with Crippen LogP contribution in [0.4, 0.5) is 0 Å². The van der Waals surface area contributed by atoms with Crippen LogP contribution in [0, 0.1) is 0 Å². The van der Waals surface area contributed by atoms with Gasteiger partial charge in [-0.25, -0.2) is 4.68 Å². The van der Waals surface area contributed by atoms with E-state index in [2.05, 4.69) is 32.3 Å². The first-order chi connectivity index (χ1) is 18.6. The van der Waals surface area contributed by atoms with E-state index in [9.17, 15) is 4.79 Å². The van der Waals surface area contributed by atoms with Crippen molar-refractivity contribution in [3.8, 4) is 11.5 Å². The van der Waals surface area contributed by atoms with E-state index in [0.29, 0.717) is 31.0 Å². The van der Waals surface area contributed by atoms with Gasteiger partial charge in [-0.3, -0.25) is 9.69 Å². The first-order valence-corrected chi connectivity index (χ1v) is 12.4. The molecule has 0 bridgehead atoms. The summed E-state index contributed by atoms with van der Waals surface area (Å²) in [4.78, 5) is 18.4. The maximum atomic E-state index is 13.1. The van der Waals surface area contributed by atoms with Crippen molar-refractivity contribution >= 4 is 10.9 Å². The van der Waals surface area contributed by atoms with Crippen LogP contribution in [0.5, 0.6) is 11.5 Å². The number of aromatic nitrogens is 5. The molecule has 0 aliphatic heterocycles. The van der Waals surface area contributed by atoms with Gasteiger partial charge < -0.3 is 18.9 Å². The number of fused-ring (bicyclic) bond motifs is 1. The summed E-state index contributed by atoms with van der Waals surface area (Å²) in [5.74, 6) is 2.98. The summed E-state index contributed by atoms with van der Waals surface area (Å²) in [5.41, 5.74) is 2.35. The molecule has 5 rings (SSSR count). The molecule has 0 fully saturated rings. The van der Waals surface area contributed by atoms with E-state index in [1.807, 2.05) is 60.7 Å². The van der Waals surface area contributed by atoms with Crippen LogP contribution in [0.2, 0.25) is 0 Å². The molecular weight excluding hydrogens is 484 g/mol. The molecular formula is C28H30N6O4. The van der Waals surface area contributed by atoms with Crippen LogP contribution in [-0.2, 0) is 19.6 Å². The quantitative estimate of drug-likeness (QED) is 0.277. The summed E-state index contributed by atoms with van der Waals surface area (Å²) in [7, 11) is 3.28. The van der Waals surface area contributed by atoms with Crippen molar-refractivity contribution < 1.29 is 13.9 Å². The zero-order valence-electron chi connectivity index (χ0n) is 21.6. The van der Waals surface area contributed by atoms with Crippen LogP contribution in [0.1, 0.15) is 42.1 Å². The average Bonchev–Trinajstić information content (AvgIpc) is 3.62. The minimum absolute atomic E-state index is 0.132. The highest BCUT2D eigenvalue weighted by molar-refractivity contribution is 5.80. The van der Waals surface area contributed by atoms with E-state index in [0.717, 1.165) is 40.1 Å². The van der Waals surface area contributed by atoms with Crippen LogP contribution in [0.3, 0.4) is 0 Å². The van der Waals surface area contributed by atoms with Crippen molar-refractivity contribution in [2.45, 2.75) is 39.0 Å². The zero-order chi connectivity index (χ0) is 26.5. The van der Waals surface area contributed by atoms with Gasteiger partial charge in [0.15, 0.2) is 5.82 Å². The molecule has 0 aliphatic carbocycles. The van der Waals surface area contributed by atoms with E-state index < -0.39 is 0 Å². The van der Waals surface area contributed by atoms with Gasteiger partial charge in [-0.05, 0) is 70.9 Å². The van der Waals surface area contributed by atoms with Gasteiger partial charge in [-0.15, -0.1) is 5.10 Å². The molecule has 0 spiro atoms. The van der Waals surface area contributed by atoms with E-state index in [4.69, 9.17) is 13.9 Å². The van der Waals surface area contributed by atoms with E-state index in [1.165, 1.54) is 0 Å². The highest BCUT2D eigenvalue weighted by Gasteiger charge is 2.26. The summed E-state index contributed by atoms with van der Waals surface area (Å²) in [5, 5.41) is 13.5. The van der Waals surface area contributed by atoms with Crippen LogP contribution in [-0.4, -0.2) is 44.3 Å². The van der Waals surface area contributed by atoms with Crippen molar-refractivity contribution in [2.24, 2.45) is 0 Å². The van der Waals surface area contributed by atoms with E-state index in [1.54, 1.807) is 25.2 Å². The zero-order valence-corrected chi connectivity index (χ0v) is 21.6. The number of ether oxygens (including phenoxy) is 2. The maximum absolute atomic E-state index is 13.1. The van der Waals surface area contributed by atoms with Crippen LogP contribution < -0.4 is 15.0 Å². The standard InChI is InChI=1S/C28H30N6O4/c1-4-26(27-30-31-32-34(27)18-24-6-5-13-38-24)33(16-19-7-9-22(36-2)10-8-19)17-21-14-20-15-23(37-3)11-12-25(20)29-28(21)35/h5-15,26H,4,16-18H2,1-3H3,(H,29,35)/t26-/m0/s1. The van der Waals surface area contributed by atoms with Crippen molar-refractivity contribution in [2.75, 3.05) is 14.2 Å². The summed E-state index contributed by atoms with van der Waals surface area (Å²) in [6, 6.07) is 19.0. The smallest absolute Gasteiger partial charge is 0.252 e. The van der Waals surface area contributed by atoms with Gasteiger partial charge >= 0.3 is 0 Å². The fourth-order valence-electron chi connectivity index (χ4n) is 4.65. The normalized spacial score (nSPS) is 12.2. The van der Waals surface area contributed by atoms with Gasteiger partial charge in [0.05, 0.1) is 26.5 Å². The summed E-state index contributed by atoms with van der Waals surface area (Å²) < 4.78 is 18.0. The van der Waals surface area contributed by atoms with Gasteiger partial charge in [0.1, 0.15) is 23.8 Å². The lowest BCUT2D eigenvalue weighted by Crippen LogP contribution is -2.32. The van der Waals surface area contributed by atoms with Crippen molar-refractivity contribution in [3.05, 3.63) is 100.0 Å². The highest BCUT2D eigenvalue weighted by atomic mass is 16.5. The fraction of sp³-hybridized carbons (Fsp3) is 0.286. The number of pyridine rings is 1. The molecule has 1 atom stereocenters. The second kappa shape index (κ2) is 11.3. The number of tetrazole rings is 1. The molecule has 3 aromatic heterocycles. The van der Waals surface area contributed by atoms with Gasteiger partial charge in [0.2, 0.25) is 0 Å². The number of methoxy groups -OCH3 is 2. The Morgan fingerprint density at radius 3 is 2.53 bits per heavy atom. The molecule has 10 nitrogen and oxygen atoms in total. The predicted octanol–water partition coefficient (Wildman–Crippen LogP) is 4.33. The van der Waals surface area contributed by atoms with Crippen LogP contribution >= 0.6 is 0 Å². The monoisotopic (exact) mass is 514 g/mol. The number of furan rings is 1. The number of nitrogens with zero attached hydrogens (tertiary/aromatic N) is 5. The van der Waals surface area contributed by atoms with Gasteiger partial charge in [0.25, 0.3) is 5.56 Å². The molecule has 0 radical (unpaired) electrons. The molecule has 0 saturated heterocycles. The molecule has 196 valence electrons. The van der Waals surface area contributed by atoms with Crippen molar-refractivity contribution in [3.63, 3.8) is 0 Å². The summed E-state index contributed by atoms with van der Waals surface area (Å²) in [6.07, 6.45) is 2.36. The topological polar surface area (TPSA) is 111 Å². The Labute approximate surface area is 219 Å². The number of nitrogens with one attached hydrogen (secondary N) is 1. The lowest BCUT2D eigenvalue weighted by Gasteiger charge is -2.30. The lowest BCUT2D eigenvalue weighted by molar-refractivity contribution is 0.161. The minimum Gasteiger partial charge on any atom is -0.497 e. The Hall–Kier alpha value is -4.44. The first-order valence-electron chi connectivity index (χ1n) is 12.4. The van der Waals surface area contributed by atoms with Gasteiger partial charge in [-0.2, -0.15) is 0 Å². The van der Waals surface area contributed by atoms with Crippen molar-refractivity contribution in [1.82, 2.24) is 30.1 Å². The third-order valence-electron chi connectivity index (χ3n) is 6.62. The molecule has 5 aromatic rings. The second-order valence-corrected chi connectivity index (χ2v) is 9.03. The Kier molecular flexibility index (Phi) is 7.50. The largest absolute Gasteiger partial charge is 0.497 e. The van der Waals surface area contributed by atoms with Gasteiger partial charge in [0, 0.05) is 29.6 Å². The maximum Gasteiger partial charge on any atom is 0.252 e. The third-order valence-corrected chi connectivity index (χ3v) is 6.62. The Bertz CT molecular complexity index is 1540. The molecule has 0 amide bonds. The molecule has 1 N–H and O–H groups in total. The number of hydrogen-bond donors (Lipinski definition) is 1. The highest BCUT2D eigenvalue weighted by Crippen LogP contribution is 2.28. The molecule has 0 saturated carbocycles. The van der Waals surface area contributed by atoms with Crippen molar-refractivity contribution in [1.29, 1.82) is 0 Å². The Balaban J connectivity index is 1.52. The fourth-order valence-corrected chi connectivity index (χ4v) is 4.65. The predicted molar refractivity (Wildman–Crippen MR) is 142 cm³/mol. The minimum atomic E-state index is -0.164. The van der Waals surface area contributed by atoms with E-state index in [-0.39, 0.29) is 11.6 Å². The lowest BCUT2D eigenvalue weighted by atomic mass is 10.1. The third kappa shape index (κ3) is 5.45. The number of benzene rings is 2. The number of H-pyrrole nitrogens is 1. The number of rotatable bonds is 11. The molecule has 0 aliphatic rings. The van der Waals surface area contributed by atoms with Crippen LogP contribution in [0.15, 0.2) is 76.1 Å². The number of hydrogen-bond acceptors (Lipinski definition) is 8. The molecule has 3 heterocycles. The SMILES string of the molecule is CC[C@@H](c1nnnn1Cc1ccco1)N(Cc1ccc(OC)cc1)Cc1cc2cc(OC)ccc2[nH]c1=O. The summed E-state index contributed by atoms with van der Waals surface area (Å²) in [6.45, 7) is 3.47. The van der Waals surface area contributed by atoms with E-state index >= 15 is 0 Å². The molecule has 2 aromatic carbocycles. The average molecular weight is 515 g/mol. The molecule has 10 heteroatoms. The summed E-state index contributed by atoms with van der Waals surface area (Å²) >= 11 is 0. The van der Waals surface area contributed by atoms with Crippen LogP contribution in [0.25, 0.3) is 10.9 Å². The Morgan fingerprint density at radius 2 is 1.82 bits per heavy atom. The van der Waals surface area contributed by atoms with Gasteiger partial charge in [-0.1, -0.05) is 19.1 Å². The first kappa shape index (κ1) is 25.2. The molecule has 38 heavy (non-hydrogen) atoms.